The Balaban J connectivity index is 1.93. The van der Waals surface area contributed by atoms with Gasteiger partial charge < -0.3 is 10.1 Å². The molecule has 1 aliphatic heterocycles. The van der Waals surface area contributed by atoms with Crippen molar-refractivity contribution in [3.8, 4) is 0 Å². The molecule has 1 fully saturated rings. The predicted octanol–water partition coefficient (Wildman–Crippen LogP) is 1.40. The number of fused-ring (bicyclic) bond motifs is 1. The Morgan fingerprint density at radius 1 is 1.42 bits per heavy atom. The number of aromatic nitrogens is 1. The molecule has 4 heteroatoms. The number of β-amino-alcohol motifs (C(OH)–C–C–N with tert-alkyl or cyclic N) is 1. The molecule has 0 spiro atoms. The molecule has 1 aromatic heterocycles. The number of nitrogens with one attached hydrogen (secondary N) is 1. The summed E-state index contributed by atoms with van der Waals surface area (Å²) in [4.78, 5) is 17.6. The molecule has 3 rings (SSSR count). The van der Waals surface area contributed by atoms with Crippen LogP contribution in [0.2, 0.25) is 0 Å². The standard InChI is InChI=1S/C15H18N2O2/c1-10-2-3-14-13(6-10)15(19)7-11(16-14)8-17-5-4-12(18)9-17/h2-3,6-7,12,18H,4-5,8-9H2,1H3,(H,16,19). The number of hydrogen-bond acceptors (Lipinski definition) is 3. The third kappa shape index (κ3) is 2.55. The summed E-state index contributed by atoms with van der Waals surface area (Å²) in [5, 5.41) is 10.3. The molecule has 1 aliphatic rings. The summed E-state index contributed by atoms with van der Waals surface area (Å²) in [7, 11) is 0. The van der Waals surface area contributed by atoms with E-state index in [1.54, 1.807) is 6.07 Å². The number of aryl methyl sites for hydroxylation is 1. The minimum atomic E-state index is -0.227. The lowest BCUT2D eigenvalue weighted by atomic mass is 10.1. The Labute approximate surface area is 111 Å². The molecule has 1 saturated heterocycles. The minimum Gasteiger partial charge on any atom is -0.392 e. The van der Waals surface area contributed by atoms with E-state index in [0.29, 0.717) is 13.1 Å². The number of aliphatic hydroxyl groups excluding tert-OH is 1. The number of H-pyrrole nitrogens is 1. The zero-order chi connectivity index (χ0) is 13.4. The Hall–Kier alpha value is -1.65. The van der Waals surface area contributed by atoms with Gasteiger partial charge in [-0.15, -0.1) is 0 Å². The fourth-order valence-electron chi connectivity index (χ4n) is 2.70. The van der Waals surface area contributed by atoms with E-state index in [2.05, 4.69) is 9.88 Å². The lowest BCUT2D eigenvalue weighted by Gasteiger charge is -2.15. The topological polar surface area (TPSA) is 56.3 Å². The Bertz CT molecular complexity index is 663. The van der Waals surface area contributed by atoms with Crippen molar-refractivity contribution < 1.29 is 5.11 Å². The first kappa shape index (κ1) is 12.4. The van der Waals surface area contributed by atoms with Gasteiger partial charge in [-0.2, -0.15) is 0 Å². The molecular weight excluding hydrogens is 240 g/mol. The Morgan fingerprint density at radius 3 is 3.00 bits per heavy atom. The summed E-state index contributed by atoms with van der Waals surface area (Å²) in [5.41, 5.74) is 2.95. The number of rotatable bonds is 2. The number of likely N-dealkylation sites (tertiary alicyclic amines) is 1. The second-order valence-corrected chi connectivity index (χ2v) is 5.39. The van der Waals surface area contributed by atoms with Crippen LogP contribution in [0, 0.1) is 6.92 Å². The van der Waals surface area contributed by atoms with Gasteiger partial charge in [0.05, 0.1) is 6.10 Å². The molecule has 0 bridgehead atoms. The van der Waals surface area contributed by atoms with Gasteiger partial charge in [0.15, 0.2) is 5.43 Å². The SMILES string of the molecule is Cc1ccc2[nH]c(CN3CCC(O)C3)cc(=O)c2c1. The van der Waals surface area contributed by atoms with Gasteiger partial charge >= 0.3 is 0 Å². The van der Waals surface area contributed by atoms with Crippen LogP contribution in [0.1, 0.15) is 17.7 Å². The van der Waals surface area contributed by atoms with E-state index in [0.717, 1.165) is 35.1 Å². The highest BCUT2D eigenvalue weighted by molar-refractivity contribution is 5.79. The van der Waals surface area contributed by atoms with Crippen LogP contribution >= 0.6 is 0 Å². The van der Waals surface area contributed by atoms with Gasteiger partial charge in [0.25, 0.3) is 0 Å². The van der Waals surface area contributed by atoms with E-state index in [9.17, 15) is 9.90 Å². The maximum Gasteiger partial charge on any atom is 0.189 e. The maximum absolute atomic E-state index is 12.1. The quantitative estimate of drug-likeness (QED) is 0.856. The number of benzene rings is 1. The van der Waals surface area contributed by atoms with E-state index in [-0.39, 0.29) is 11.5 Å². The number of hydrogen-bond donors (Lipinski definition) is 2. The third-order valence-corrected chi connectivity index (χ3v) is 3.68. The lowest BCUT2D eigenvalue weighted by Crippen LogP contribution is -2.23. The first-order valence-electron chi connectivity index (χ1n) is 6.65. The fourth-order valence-corrected chi connectivity index (χ4v) is 2.70. The molecule has 4 nitrogen and oxygen atoms in total. The second kappa shape index (κ2) is 4.79. The highest BCUT2D eigenvalue weighted by Gasteiger charge is 2.20. The molecule has 100 valence electrons. The van der Waals surface area contributed by atoms with Crippen molar-refractivity contribution in [2.45, 2.75) is 26.0 Å². The lowest BCUT2D eigenvalue weighted by molar-refractivity contribution is 0.174. The number of aromatic amines is 1. The Morgan fingerprint density at radius 2 is 2.26 bits per heavy atom. The van der Waals surface area contributed by atoms with Gasteiger partial charge in [0.1, 0.15) is 0 Å². The van der Waals surface area contributed by atoms with E-state index in [1.807, 2.05) is 25.1 Å². The molecule has 2 aromatic rings. The molecule has 0 saturated carbocycles. The second-order valence-electron chi connectivity index (χ2n) is 5.39. The van der Waals surface area contributed by atoms with Crippen molar-refractivity contribution in [1.29, 1.82) is 0 Å². The van der Waals surface area contributed by atoms with Crippen molar-refractivity contribution in [2.24, 2.45) is 0 Å². The van der Waals surface area contributed by atoms with Crippen LogP contribution in [0.15, 0.2) is 29.1 Å². The van der Waals surface area contributed by atoms with Gasteiger partial charge in [-0.25, -0.2) is 0 Å². The summed E-state index contributed by atoms with van der Waals surface area (Å²) in [6, 6.07) is 7.54. The minimum absolute atomic E-state index is 0.0622. The van der Waals surface area contributed by atoms with E-state index in [1.165, 1.54) is 0 Å². The summed E-state index contributed by atoms with van der Waals surface area (Å²) in [6.45, 7) is 4.25. The highest BCUT2D eigenvalue weighted by Crippen LogP contribution is 2.14. The van der Waals surface area contributed by atoms with Crippen molar-refractivity contribution in [2.75, 3.05) is 13.1 Å². The zero-order valence-electron chi connectivity index (χ0n) is 11.0. The largest absolute Gasteiger partial charge is 0.392 e. The molecule has 1 unspecified atom stereocenters. The molecule has 0 radical (unpaired) electrons. The summed E-state index contributed by atoms with van der Waals surface area (Å²) in [5.74, 6) is 0. The van der Waals surface area contributed by atoms with Gasteiger partial charge in [0.2, 0.25) is 0 Å². The smallest absolute Gasteiger partial charge is 0.189 e. The average Bonchev–Trinajstić information content (AvgIpc) is 2.76. The molecular formula is C15H18N2O2. The number of aliphatic hydroxyl groups is 1. The first-order valence-corrected chi connectivity index (χ1v) is 6.65. The van der Waals surface area contributed by atoms with Gasteiger partial charge in [-0.3, -0.25) is 9.69 Å². The fraction of sp³-hybridized carbons (Fsp3) is 0.400. The monoisotopic (exact) mass is 258 g/mol. The van der Waals surface area contributed by atoms with Crippen LogP contribution in [0.3, 0.4) is 0 Å². The molecule has 0 aliphatic carbocycles. The number of nitrogens with zero attached hydrogens (tertiary/aromatic N) is 1. The predicted molar refractivity (Wildman–Crippen MR) is 75.2 cm³/mol. The Kier molecular flexibility index (Phi) is 3.12. The molecule has 1 atom stereocenters. The van der Waals surface area contributed by atoms with E-state index < -0.39 is 0 Å². The molecule has 1 aromatic carbocycles. The van der Waals surface area contributed by atoms with E-state index in [4.69, 9.17) is 0 Å². The van der Waals surface area contributed by atoms with Crippen LogP contribution in [0.25, 0.3) is 10.9 Å². The van der Waals surface area contributed by atoms with Crippen molar-refractivity contribution in [3.63, 3.8) is 0 Å². The average molecular weight is 258 g/mol. The van der Waals surface area contributed by atoms with Crippen LogP contribution in [-0.2, 0) is 6.54 Å². The van der Waals surface area contributed by atoms with Gasteiger partial charge in [-0.05, 0) is 25.5 Å². The summed E-state index contributed by atoms with van der Waals surface area (Å²) in [6.07, 6.45) is 0.589. The molecule has 19 heavy (non-hydrogen) atoms. The zero-order valence-corrected chi connectivity index (χ0v) is 11.0. The van der Waals surface area contributed by atoms with Crippen LogP contribution in [0.5, 0.6) is 0 Å². The molecule has 2 heterocycles. The van der Waals surface area contributed by atoms with E-state index >= 15 is 0 Å². The van der Waals surface area contributed by atoms with Gasteiger partial charge in [-0.1, -0.05) is 11.6 Å². The molecule has 0 amide bonds. The first-order chi connectivity index (χ1) is 9.11. The van der Waals surface area contributed by atoms with Gasteiger partial charge in [0, 0.05) is 42.3 Å². The third-order valence-electron chi connectivity index (χ3n) is 3.68. The van der Waals surface area contributed by atoms with Crippen LogP contribution in [0.4, 0.5) is 0 Å². The van der Waals surface area contributed by atoms with Crippen molar-refractivity contribution in [1.82, 2.24) is 9.88 Å². The van der Waals surface area contributed by atoms with Crippen molar-refractivity contribution in [3.05, 3.63) is 45.7 Å². The van der Waals surface area contributed by atoms with Crippen LogP contribution in [-0.4, -0.2) is 34.2 Å². The maximum atomic E-state index is 12.1. The van der Waals surface area contributed by atoms with Crippen LogP contribution < -0.4 is 5.43 Å². The summed E-state index contributed by atoms with van der Waals surface area (Å²) >= 11 is 0. The molecule has 2 N–H and O–H groups in total. The number of pyridine rings is 1. The normalized spacial score (nSPS) is 20.2. The summed E-state index contributed by atoms with van der Waals surface area (Å²) < 4.78 is 0. The highest BCUT2D eigenvalue weighted by atomic mass is 16.3. The van der Waals surface area contributed by atoms with Crippen molar-refractivity contribution >= 4 is 10.9 Å².